The second kappa shape index (κ2) is 9.00. The molecule has 0 rings (SSSR count). The van der Waals surface area contributed by atoms with E-state index in [1.165, 1.54) is 7.11 Å². The molecule has 0 heterocycles. The van der Waals surface area contributed by atoms with Gasteiger partial charge in [0.15, 0.2) is 0 Å². The van der Waals surface area contributed by atoms with Crippen LogP contribution in [0.4, 0.5) is 0 Å². The molecule has 0 radical (unpaired) electrons. The highest BCUT2D eigenvalue weighted by Gasteiger charge is 2.17. The molecular weight excluding hydrogens is 212 g/mol. The lowest BCUT2D eigenvalue weighted by Crippen LogP contribution is -2.44. The second-order valence-corrected chi connectivity index (χ2v) is 4.75. The summed E-state index contributed by atoms with van der Waals surface area (Å²) in [7, 11) is 1.49. The zero-order valence-corrected chi connectivity index (χ0v) is 10.6. The fourth-order valence-corrected chi connectivity index (χ4v) is 1.93. The van der Waals surface area contributed by atoms with Crippen LogP contribution in [0.25, 0.3) is 0 Å². The van der Waals surface area contributed by atoms with E-state index in [4.69, 9.17) is 10.5 Å². The van der Waals surface area contributed by atoms with E-state index in [0.717, 1.165) is 17.9 Å². The quantitative estimate of drug-likeness (QED) is 0.604. The molecule has 0 aliphatic heterocycles. The first-order chi connectivity index (χ1) is 7.15. The summed E-state index contributed by atoms with van der Waals surface area (Å²) in [4.78, 5) is 11.5. The molecule has 0 aromatic heterocycles. The monoisotopic (exact) mass is 234 g/mol. The highest BCUT2D eigenvalue weighted by Crippen LogP contribution is 2.04. The minimum Gasteiger partial charge on any atom is -0.370 e. The van der Waals surface area contributed by atoms with E-state index in [1.54, 1.807) is 0 Å². The normalized spacial score (nSPS) is 14.7. The van der Waals surface area contributed by atoms with Gasteiger partial charge in [0.25, 0.3) is 5.91 Å². The Bertz CT molecular complexity index is 175. The Morgan fingerprint density at radius 3 is 2.73 bits per heavy atom. The molecular formula is C10H22N2O2S. The van der Waals surface area contributed by atoms with Crippen molar-refractivity contribution in [2.45, 2.75) is 32.4 Å². The van der Waals surface area contributed by atoms with E-state index < -0.39 is 6.10 Å². The molecule has 2 atom stereocenters. The highest BCUT2D eigenvalue weighted by molar-refractivity contribution is 7.99. The van der Waals surface area contributed by atoms with Crippen LogP contribution in [0.3, 0.4) is 0 Å². The largest absolute Gasteiger partial charge is 0.370 e. The highest BCUT2D eigenvalue weighted by atomic mass is 32.2. The number of nitrogens with two attached hydrogens (primary N) is 1. The van der Waals surface area contributed by atoms with Crippen molar-refractivity contribution in [3.63, 3.8) is 0 Å². The van der Waals surface area contributed by atoms with Crippen LogP contribution in [0.5, 0.6) is 0 Å². The number of nitrogens with one attached hydrogen (secondary N) is 1. The maximum Gasteiger partial charge on any atom is 0.250 e. The maximum atomic E-state index is 11.5. The van der Waals surface area contributed by atoms with E-state index in [1.807, 2.05) is 18.7 Å². The SMILES string of the molecule is CCSCCC(C)NC(=O)C(CN)OC. The van der Waals surface area contributed by atoms with E-state index in [9.17, 15) is 4.79 Å². The number of hydrogen-bond donors (Lipinski definition) is 2. The first kappa shape index (κ1) is 14.7. The summed E-state index contributed by atoms with van der Waals surface area (Å²) in [6, 6.07) is 0.181. The fraction of sp³-hybridized carbons (Fsp3) is 0.900. The zero-order valence-electron chi connectivity index (χ0n) is 9.79. The number of hydrogen-bond acceptors (Lipinski definition) is 4. The number of methoxy groups -OCH3 is 1. The lowest BCUT2D eigenvalue weighted by Gasteiger charge is -2.17. The third-order valence-electron chi connectivity index (χ3n) is 2.08. The summed E-state index contributed by atoms with van der Waals surface area (Å²) in [6.07, 6.45) is 0.455. The number of amides is 1. The Balaban J connectivity index is 3.74. The Labute approximate surface area is 96.3 Å². The van der Waals surface area contributed by atoms with Gasteiger partial charge >= 0.3 is 0 Å². The minimum absolute atomic E-state index is 0.117. The summed E-state index contributed by atoms with van der Waals surface area (Å²) in [6.45, 7) is 4.35. The second-order valence-electron chi connectivity index (χ2n) is 3.36. The lowest BCUT2D eigenvalue weighted by molar-refractivity contribution is -0.131. The Kier molecular flexibility index (Phi) is 8.85. The minimum atomic E-state index is -0.522. The van der Waals surface area contributed by atoms with Gasteiger partial charge in [-0.1, -0.05) is 6.92 Å². The van der Waals surface area contributed by atoms with Crippen LogP contribution in [-0.2, 0) is 9.53 Å². The van der Waals surface area contributed by atoms with Gasteiger partial charge in [-0.3, -0.25) is 4.79 Å². The van der Waals surface area contributed by atoms with Gasteiger partial charge in [0.1, 0.15) is 6.10 Å². The van der Waals surface area contributed by atoms with Crippen LogP contribution in [0, 0.1) is 0 Å². The molecule has 0 aliphatic rings. The first-order valence-electron chi connectivity index (χ1n) is 5.26. The van der Waals surface area contributed by atoms with Gasteiger partial charge in [0.2, 0.25) is 0 Å². The van der Waals surface area contributed by atoms with E-state index in [-0.39, 0.29) is 18.5 Å². The number of rotatable bonds is 8. The van der Waals surface area contributed by atoms with Gasteiger partial charge < -0.3 is 15.8 Å². The first-order valence-corrected chi connectivity index (χ1v) is 6.42. The van der Waals surface area contributed by atoms with Gasteiger partial charge in [-0.2, -0.15) is 11.8 Å². The van der Waals surface area contributed by atoms with Crippen molar-refractivity contribution >= 4 is 17.7 Å². The van der Waals surface area contributed by atoms with Crippen molar-refractivity contribution in [2.24, 2.45) is 5.73 Å². The van der Waals surface area contributed by atoms with E-state index in [2.05, 4.69) is 12.2 Å². The van der Waals surface area contributed by atoms with Gasteiger partial charge in [0, 0.05) is 19.7 Å². The molecule has 0 aromatic carbocycles. The van der Waals surface area contributed by atoms with E-state index in [0.29, 0.717) is 0 Å². The van der Waals surface area contributed by atoms with Crippen molar-refractivity contribution in [1.82, 2.24) is 5.32 Å². The van der Waals surface area contributed by atoms with Crippen molar-refractivity contribution in [3.05, 3.63) is 0 Å². The number of carbonyl (C=O) groups excluding carboxylic acids is 1. The van der Waals surface area contributed by atoms with Gasteiger partial charge in [-0.05, 0) is 24.9 Å². The molecule has 0 saturated carbocycles. The maximum absolute atomic E-state index is 11.5. The molecule has 1 amide bonds. The van der Waals surface area contributed by atoms with Crippen molar-refractivity contribution in [2.75, 3.05) is 25.2 Å². The average Bonchev–Trinajstić information content (AvgIpc) is 2.20. The third-order valence-corrected chi connectivity index (χ3v) is 3.01. The number of ether oxygens (including phenoxy) is 1. The predicted octanol–water partition coefficient (Wildman–Crippen LogP) is 0.608. The van der Waals surface area contributed by atoms with Crippen LogP contribution in [-0.4, -0.2) is 43.2 Å². The summed E-state index contributed by atoms with van der Waals surface area (Å²) in [5.41, 5.74) is 5.39. The zero-order chi connectivity index (χ0) is 11.7. The summed E-state index contributed by atoms with van der Waals surface area (Å²) >= 11 is 1.88. The molecule has 5 heteroatoms. The smallest absolute Gasteiger partial charge is 0.250 e. The van der Waals surface area contributed by atoms with Crippen LogP contribution in [0.15, 0.2) is 0 Å². The molecule has 4 nitrogen and oxygen atoms in total. The van der Waals surface area contributed by atoms with Crippen molar-refractivity contribution in [3.8, 4) is 0 Å². The number of carbonyl (C=O) groups is 1. The molecule has 2 unspecified atom stereocenters. The molecule has 0 aromatic rings. The Morgan fingerprint density at radius 2 is 2.27 bits per heavy atom. The Hall–Kier alpha value is -0.260. The summed E-state index contributed by atoms with van der Waals surface area (Å²) in [5.74, 6) is 2.07. The standard InChI is InChI=1S/C10H22N2O2S/c1-4-15-6-5-8(2)12-10(13)9(7-11)14-3/h8-9H,4-7,11H2,1-3H3,(H,12,13). The third kappa shape index (κ3) is 6.76. The molecule has 0 fully saturated rings. The van der Waals surface area contributed by atoms with Crippen LogP contribution >= 0.6 is 11.8 Å². The van der Waals surface area contributed by atoms with Gasteiger partial charge in [0.05, 0.1) is 0 Å². The molecule has 15 heavy (non-hydrogen) atoms. The van der Waals surface area contributed by atoms with Crippen molar-refractivity contribution in [1.29, 1.82) is 0 Å². The fourth-order valence-electron chi connectivity index (χ4n) is 1.12. The van der Waals surface area contributed by atoms with Crippen LogP contribution in [0.1, 0.15) is 20.3 Å². The van der Waals surface area contributed by atoms with Crippen LogP contribution in [0.2, 0.25) is 0 Å². The predicted molar refractivity (Wildman–Crippen MR) is 65.1 cm³/mol. The molecule has 0 saturated heterocycles. The van der Waals surface area contributed by atoms with Crippen molar-refractivity contribution < 1.29 is 9.53 Å². The average molecular weight is 234 g/mol. The Morgan fingerprint density at radius 1 is 1.60 bits per heavy atom. The van der Waals surface area contributed by atoms with Gasteiger partial charge in [-0.15, -0.1) is 0 Å². The molecule has 3 N–H and O–H groups in total. The van der Waals surface area contributed by atoms with Gasteiger partial charge in [-0.25, -0.2) is 0 Å². The molecule has 0 aliphatic carbocycles. The van der Waals surface area contributed by atoms with Crippen LogP contribution < -0.4 is 11.1 Å². The summed E-state index contributed by atoms with van der Waals surface area (Å²) in [5, 5.41) is 2.88. The molecule has 0 bridgehead atoms. The lowest BCUT2D eigenvalue weighted by atomic mass is 10.2. The number of thioether (sulfide) groups is 1. The molecule has 90 valence electrons. The molecule has 0 spiro atoms. The summed E-state index contributed by atoms with van der Waals surface area (Å²) < 4.78 is 4.95. The topological polar surface area (TPSA) is 64.4 Å². The van der Waals surface area contributed by atoms with E-state index >= 15 is 0 Å².